The van der Waals surface area contributed by atoms with Crippen molar-refractivity contribution < 1.29 is 4.74 Å². The van der Waals surface area contributed by atoms with Gasteiger partial charge in [0, 0.05) is 11.6 Å². The number of likely N-dealkylation sites (tertiary alicyclic amines) is 1. The van der Waals surface area contributed by atoms with Crippen molar-refractivity contribution >= 4 is 11.6 Å². The first-order valence-electron chi connectivity index (χ1n) is 6.54. The van der Waals surface area contributed by atoms with E-state index in [0.29, 0.717) is 0 Å². The van der Waals surface area contributed by atoms with Crippen LogP contribution >= 0.6 is 11.6 Å². The molecule has 0 aromatic heterocycles. The van der Waals surface area contributed by atoms with E-state index < -0.39 is 0 Å². The normalized spacial score (nSPS) is 15.0. The van der Waals surface area contributed by atoms with Crippen LogP contribution in [0.2, 0.25) is 5.02 Å². The predicted molar refractivity (Wildman–Crippen MR) is 77.9 cm³/mol. The van der Waals surface area contributed by atoms with Crippen LogP contribution in [0.3, 0.4) is 0 Å². The van der Waals surface area contributed by atoms with Gasteiger partial charge < -0.3 is 4.74 Å². The summed E-state index contributed by atoms with van der Waals surface area (Å²) in [6.45, 7) is 3.49. The summed E-state index contributed by atoms with van der Waals surface area (Å²) in [6.07, 6.45) is 1.33. The van der Waals surface area contributed by atoms with Gasteiger partial charge >= 0.3 is 0 Å². The van der Waals surface area contributed by atoms with E-state index in [2.05, 4.69) is 17.0 Å². The molecule has 2 aromatic carbocycles. The number of ether oxygens (including phenoxy) is 1. The van der Waals surface area contributed by atoms with E-state index in [4.69, 9.17) is 16.3 Å². The molecule has 0 aliphatic carbocycles. The number of benzene rings is 2. The lowest BCUT2D eigenvalue weighted by Crippen LogP contribution is -2.36. The summed E-state index contributed by atoms with van der Waals surface area (Å²) < 4.78 is 5.76. The lowest BCUT2D eigenvalue weighted by atomic mass is 10.1. The molecule has 19 heavy (non-hydrogen) atoms. The van der Waals surface area contributed by atoms with Crippen LogP contribution in [0, 0.1) is 0 Å². The lowest BCUT2D eigenvalue weighted by Gasteiger charge is -2.30. The fourth-order valence-corrected chi connectivity index (χ4v) is 2.23. The van der Waals surface area contributed by atoms with Gasteiger partial charge in [0.1, 0.15) is 11.5 Å². The maximum absolute atomic E-state index is 5.84. The predicted octanol–water partition coefficient (Wildman–Crippen LogP) is 4.34. The van der Waals surface area contributed by atoms with Gasteiger partial charge in [-0.1, -0.05) is 23.7 Å². The first-order valence-corrected chi connectivity index (χ1v) is 6.92. The van der Waals surface area contributed by atoms with Crippen LogP contribution in [-0.2, 0) is 6.54 Å². The Hall–Kier alpha value is -1.51. The molecule has 0 saturated carbocycles. The van der Waals surface area contributed by atoms with E-state index in [0.717, 1.165) is 23.1 Å². The molecule has 0 spiro atoms. The Balaban J connectivity index is 1.63. The molecule has 2 aromatic rings. The van der Waals surface area contributed by atoms with E-state index in [1.54, 1.807) is 0 Å². The summed E-state index contributed by atoms with van der Waals surface area (Å²) in [4.78, 5) is 2.44. The van der Waals surface area contributed by atoms with Crippen molar-refractivity contribution in [2.24, 2.45) is 0 Å². The van der Waals surface area contributed by atoms with Gasteiger partial charge in [0.2, 0.25) is 0 Å². The molecule has 0 unspecified atom stereocenters. The fourth-order valence-electron chi connectivity index (χ4n) is 2.10. The molecule has 1 fully saturated rings. The molecule has 98 valence electrons. The van der Waals surface area contributed by atoms with Gasteiger partial charge in [-0.2, -0.15) is 0 Å². The minimum absolute atomic E-state index is 0.720. The third-order valence-corrected chi connectivity index (χ3v) is 3.58. The Morgan fingerprint density at radius 2 is 1.47 bits per heavy atom. The van der Waals surface area contributed by atoms with Crippen molar-refractivity contribution in [1.29, 1.82) is 0 Å². The number of nitrogens with zero attached hydrogens (tertiary/aromatic N) is 1. The molecular formula is C16H16ClNO. The van der Waals surface area contributed by atoms with E-state index >= 15 is 0 Å². The second kappa shape index (κ2) is 5.64. The second-order valence-electron chi connectivity index (χ2n) is 4.83. The van der Waals surface area contributed by atoms with Gasteiger partial charge in [-0.3, -0.25) is 4.90 Å². The van der Waals surface area contributed by atoms with Crippen LogP contribution in [-0.4, -0.2) is 18.0 Å². The van der Waals surface area contributed by atoms with Crippen LogP contribution in [0.15, 0.2) is 48.5 Å². The molecule has 0 amide bonds. The molecule has 0 radical (unpaired) electrons. The molecule has 0 N–H and O–H groups in total. The number of rotatable bonds is 4. The Morgan fingerprint density at radius 3 is 2.00 bits per heavy atom. The van der Waals surface area contributed by atoms with E-state index in [9.17, 15) is 0 Å². The largest absolute Gasteiger partial charge is 0.457 e. The van der Waals surface area contributed by atoms with Gasteiger partial charge in [0.05, 0.1) is 0 Å². The molecule has 0 atom stereocenters. The number of halogens is 1. The molecule has 1 heterocycles. The molecule has 1 saturated heterocycles. The average molecular weight is 274 g/mol. The van der Waals surface area contributed by atoms with Gasteiger partial charge in [0.25, 0.3) is 0 Å². The third kappa shape index (κ3) is 3.28. The van der Waals surface area contributed by atoms with Crippen LogP contribution in [0.25, 0.3) is 0 Å². The van der Waals surface area contributed by atoms with Crippen molar-refractivity contribution in [3.05, 3.63) is 59.1 Å². The number of hydrogen-bond donors (Lipinski definition) is 0. The summed E-state index contributed by atoms with van der Waals surface area (Å²) >= 11 is 5.84. The standard InChI is InChI=1S/C16H16ClNO/c17-14-4-8-16(9-5-14)19-15-6-2-13(3-7-15)12-18-10-1-11-18/h2-9H,1,10-12H2. The minimum Gasteiger partial charge on any atom is -0.457 e. The Kier molecular flexibility index (Phi) is 3.72. The Morgan fingerprint density at radius 1 is 0.895 bits per heavy atom. The monoisotopic (exact) mass is 273 g/mol. The van der Waals surface area contributed by atoms with Crippen molar-refractivity contribution in [2.75, 3.05) is 13.1 Å². The van der Waals surface area contributed by atoms with Crippen molar-refractivity contribution in [3.8, 4) is 11.5 Å². The first kappa shape index (κ1) is 12.5. The van der Waals surface area contributed by atoms with Gasteiger partial charge in [-0.15, -0.1) is 0 Å². The summed E-state index contributed by atoms with van der Waals surface area (Å²) in [5.74, 6) is 1.66. The van der Waals surface area contributed by atoms with E-state index in [-0.39, 0.29) is 0 Å². The fraction of sp³-hybridized carbons (Fsp3) is 0.250. The highest BCUT2D eigenvalue weighted by Gasteiger charge is 2.13. The molecule has 1 aliphatic rings. The maximum Gasteiger partial charge on any atom is 0.127 e. The van der Waals surface area contributed by atoms with Crippen molar-refractivity contribution in [2.45, 2.75) is 13.0 Å². The highest BCUT2D eigenvalue weighted by Crippen LogP contribution is 2.24. The van der Waals surface area contributed by atoms with E-state index in [1.807, 2.05) is 36.4 Å². The Labute approximate surface area is 118 Å². The highest BCUT2D eigenvalue weighted by molar-refractivity contribution is 6.30. The molecule has 2 nitrogen and oxygen atoms in total. The highest BCUT2D eigenvalue weighted by atomic mass is 35.5. The maximum atomic E-state index is 5.84. The molecule has 0 bridgehead atoms. The minimum atomic E-state index is 0.720. The Bertz CT molecular complexity index is 532. The first-order chi connectivity index (χ1) is 9.29. The topological polar surface area (TPSA) is 12.5 Å². The summed E-state index contributed by atoms with van der Waals surface area (Å²) in [7, 11) is 0. The van der Waals surface area contributed by atoms with Gasteiger partial charge in [-0.25, -0.2) is 0 Å². The average Bonchev–Trinajstić information content (AvgIpc) is 2.38. The van der Waals surface area contributed by atoms with Gasteiger partial charge in [-0.05, 0) is 61.5 Å². The molecule has 3 rings (SSSR count). The SMILES string of the molecule is Clc1ccc(Oc2ccc(CN3CCC3)cc2)cc1. The summed E-state index contributed by atoms with van der Waals surface area (Å²) in [6, 6.07) is 15.7. The van der Waals surface area contributed by atoms with Crippen LogP contribution in [0.5, 0.6) is 11.5 Å². The zero-order chi connectivity index (χ0) is 13.1. The quantitative estimate of drug-likeness (QED) is 0.822. The van der Waals surface area contributed by atoms with Crippen LogP contribution in [0.4, 0.5) is 0 Å². The van der Waals surface area contributed by atoms with Gasteiger partial charge in [0.15, 0.2) is 0 Å². The summed E-state index contributed by atoms with van der Waals surface area (Å²) in [5, 5.41) is 0.720. The molecule has 1 aliphatic heterocycles. The molecule has 3 heteroatoms. The van der Waals surface area contributed by atoms with Crippen molar-refractivity contribution in [1.82, 2.24) is 4.90 Å². The molecular weight excluding hydrogens is 258 g/mol. The van der Waals surface area contributed by atoms with Crippen LogP contribution in [0.1, 0.15) is 12.0 Å². The number of hydrogen-bond acceptors (Lipinski definition) is 2. The van der Waals surface area contributed by atoms with Crippen LogP contribution < -0.4 is 4.74 Å². The smallest absolute Gasteiger partial charge is 0.127 e. The van der Waals surface area contributed by atoms with E-state index in [1.165, 1.54) is 25.1 Å². The van der Waals surface area contributed by atoms with Crippen molar-refractivity contribution in [3.63, 3.8) is 0 Å². The summed E-state index contributed by atoms with van der Waals surface area (Å²) in [5.41, 5.74) is 1.34. The second-order valence-corrected chi connectivity index (χ2v) is 5.27. The zero-order valence-electron chi connectivity index (χ0n) is 10.7. The zero-order valence-corrected chi connectivity index (χ0v) is 11.4. The lowest BCUT2D eigenvalue weighted by molar-refractivity contribution is 0.172. The third-order valence-electron chi connectivity index (χ3n) is 3.33.